The van der Waals surface area contributed by atoms with E-state index in [1.807, 2.05) is 24.3 Å². The topological polar surface area (TPSA) is 38.3 Å². The number of quaternary nitrogens is 2. The van der Waals surface area contributed by atoms with Gasteiger partial charge in [0.05, 0.1) is 19.8 Å². The SMILES string of the molecule is CC[NH+]1CC[NH+](C[C@H](O)COCc2ccccc2Cl)CC1. The molecule has 4 nitrogen and oxygen atoms in total. The number of likely N-dealkylation sites (N-methyl/N-ethyl adjacent to an activating group) is 1. The molecule has 0 unspecified atom stereocenters. The van der Waals surface area contributed by atoms with Crippen molar-refractivity contribution in [2.75, 3.05) is 45.9 Å². The first-order chi connectivity index (χ1) is 10.2. The molecule has 1 heterocycles. The molecule has 2 rings (SSSR count). The van der Waals surface area contributed by atoms with Crippen LogP contribution >= 0.6 is 11.6 Å². The predicted molar refractivity (Wildman–Crippen MR) is 83.9 cm³/mol. The fraction of sp³-hybridized carbons (Fsp3) is 0.625. The average molecular weight is 315 g/mol. The maximum absolute atomic E-state index is 10.1. The van der Waals surface area contributed by atoms with E-state index >= 15 is 0 Å². The van der Waals surface area contributed by atoms with Gasteiger partial charge < -0.3 is 19.6 Å². The van der Waals surface area contributed by atoms with Crippen molar-refractivity contribution in [2.24, 2.45) is 0 Å². The van der Waals surface area contributed by atoms with Crippen molar-refractivity contribution in [3.05, 3.63) is 34.9 Å². The van der Waals surface area contributed by atoms with Crippen molar-refractivity contribution in [2.45, 2.75) is 19.6 Å². The lowest BCUT2D eigenvalue weighted by Gasteiger charge is -2.30. The van der Waals surface area contributed by atoms with Gasteiger partial charge in [-0.3, -0.25) is 0 Å². The fourth-order valence-corrected chi connectivity index (χ4v) is 3.02. The smallest absolute Gasteiger partial charge is 0.127 e. The van der Waals surface area contributed by atoms with Gasteiger partial charge in [0.15, 0.2) is 0 Å². The number of nitrogens with one attached hydrogen (secondary N) is 2. The number of rotatable bonds is 7. The Morgan fingerprint density at radius 2 is 1.86 bits per heavy atom. The zero-order valence-electron chi connectivity index (χ0n) is 12.8. The Labute approximate surface area is 132 Å². The maximum atomic E-state index is 10.1. The van der Waals surface area contributed by atoms with Gasteiger partial charge in [0, 0.05) is 5.02 Å². The van der Waals surface area contributed by atoms with E-state index in [1.165, 1.54) is 24.5 Å². The third kappa shape index (κ3) is 5.57. The van der Waals surface area contributed by atoms with E-state index in [4.69, 9.17) is 16.3 Å². The number of halogens is 1. The highest BCUT2D eigenvalue weighted by molar-refractivity contribution is 6.31. The van der Waals surface area contributed by atoms with E-state index in [0.717, 1.165) is 30.2 Å². The number of hydrogen-bond donors (Lipinski definition) is 3. The van der Waals surface area contributed by atoms with E-state index in [2.05, 4.69) is 6.92 Å². The lowest BCUT2D eigenvalue weighted by Crippen LogP contribution is -3.28. The third-order valence-corrected chi connectivity index (χ3v) is 4.58. The molecular weight excluding hydrogens is 288 g/mol. The Bertz CT molecular complexity index is 422. The van der Waals surface area contributed by atoms with Gasteiger partial charge in [-0.1, -0.05) is 29.8 Å². The molecule has 118 valence electrons. The van der Waals surface area contributed by atoms with Crippen LogP contribution in [0.4, 0.5) is 0 Å². The summed E-state index contributed by atoms with van der Waals surface area (Å²) in [6, 6.07) is 7.66. The number of aliphatic hydroxyl groups is 1. The summed E-state index contributed by atoms with van der Waals surface area (Å²) < 4.78 is 5.59. The minimum absolute atomic E-state index is 0.374. The monoisotopic (exact) mass is 314 g/mol. The van der Waals surface area contributed by atoms with Gasteiger partial charge in [0.25, 0.3) is 0 Å². The number of benzene rings is 1. The highest BCUT2D eigenvalue weighted by Crippen LogP contribution is 2.15. The summed E-state index contributed by atoms with van der Waals surface area (Å²) >= 11 is 6.07. The lowest BCUT2D eigenvalue weighted by molar-refractivity contribution is -1.01. The standard InChI is InChI=1S/C16H25ClN2O2/c1-2-18-7-9-19(10-8-18)11-15(20)13-21-12-14-5-3-4-6-16(14)17/h3-6,15,20H,2,7-13H2,1H3/p+2/t15-/m0/s1. The maximum Gasteiger partial charge on any atom is 0.127 e. The van der Waals surface area contributed by atoms with Gasteiger partial charge in [-0.05, 0) is 18.6 Å². The molecule has 5 heteroatoms. The van der Waals surface area contributed by atoms with Gasteiger partial charge in [-0.2, -0.15) is 0 Å². The van der Waals surface area contributed by atoms with Crippen LogP contribution in [0.5, 0.6) is 0 Å². The van der Waals surface area contributed by atoms with Crippen molar-refractivity contribution in [1.29, 1.82) is 0 Å². The van der Waals surface area contributed by atoms with Crippen LogP contribution in [-0.2, 0) is 11.3 Å². The summed E-state index contributed by atoms with van der Waals surface area (Å²) in [6.45, 7) is 9.75. The van der Waals surface area contributed by atoms with E-state index < -0.39 is 6.10 Å². The minimum atomic E-state index is -0.398. The van der Waals surface area contributed by atoms with Gasteiger partial charge in [0.2, 0.25) is 0 Å². The molecule has 1 aliphatic rings. The number of piperazine rings is 1. The second-order valence-corrected chi connectivity index (χ2v) is 6.23. The zero-order valence-corrected chi connectivity index (χ0v) is 13.5. The summed E-state index contributed by atoms with van der Waals surface area (Å²) in [5.41, 5.74) is 0.971. The average Bonchev–Trinajstić information content (AvgIpc) is 2.50. The summed E-state index contributed by atoms with van der Waals surface area (Å²) in [4.78, 5) is 3.16. The fourth-order valence-electron chi connectivity index (χ4n) is 2.83. The van der Waals surface area contributed by atoms with Gasteiger partial charge in [-0.25, -0.2) is 0 Å². The molecule has 0 spiro atoms. The quantitative estimate of drug-likeness (QED) is 0.605. The van der Waals surface area contributed by atoms with E-state index in [0.29, 0.717) is 13.2 Å². The molecule has 0 bridgehead atoms. The molecule has 3 N–H and O–H groups in total. The Morgan fingerprint density at radius 3 is 2.52 bits per heavy atom. The molecule has 1 saturated heterocycles. The van der Waals surface area contributed by atoms with Gasteiger partial charge in [-0.15, -0.1) is 0 Å². The second kappa shape index (κ2) is 8.71. The molecule has 21 heavy (non-hydrogen) atoms. The summed E-state index contributed by atoms with van der Waals surface area (Å²) in [5, 5.41) is 10.8. The first-order valence-corrected chi connectivity index (χ1v) is 8.23. The van der Waals surface area contributed by atoms with Crippen molar-refractivity contribution in [3.63, 3.8) is 0 Å². The Kier molecular flexibility index (Phi) is 6.93. The molecule has 0 amide bonds. The first kappa shape index (κ1) is 16.7. The van der Waals surface area contributed by atoms with Crippen LogP contribution < -0.4 is 9.80 Å². The Balaban J connectivity index is 1.64. The Morgan fingerprint density at radius 1 is 1.19 bits per heavy atom. The third-order valence-electron chi connectivity index (χ3n) is 4.21. The van der Waals surface area contributed by atoms with Crippen molar-refractivity contribution in [1.82, 2.24) is 0 Å². The van der Waals surface area contributed by atoms with Crippen LogP contribution in [0.3, 0.4) is 0 Å². The molecule has 0 radical (unpaired) electrons. The molecule has 1 aromatic carbocycles. The molecule has 0 aliphatic carbocycles. The summed E-state index contributed by atoms with van der Waals surface area (Å²) in [6.07, 6.45) is -0.398. The summed E-state index contributed by atoms with van der Waals surface area (Å²) in [5.74, 6) is 0. The predicted octanol–water partition coefficient (Wildman–Crippen LogP) is -0.979. The molecular formula is C16H27ClN2O2+2. The normalized spacial score (nSPS) is 24.0. The largest absolute Gasteiger partial charge is 0.385 e. The van der Waals surface area contributed by atoms with Gasteiger partial charge in [0.1, 0.15) is 38.8 Å². The highest BCUT2D eigenvalue weighted by Gasteiger charge is 2.23. The van der Waals surface area contributed by atoms with Crippen molar-refractivity contribution < 1.29 is 19.6 Å². The van der Waals surface area contributed by atoms with Crippen LogP contribution in [-0.4, -0.2) is 57.1 Å². The van der Waals surface area contributed by atoms with Crippen molar-refractivity contribution in [3.8, 4) is 0 Å². The van der Waals surface area contributed by atoms with E-state index in [-0.39, 0.29) is 0 Å². The van der Waals surface area contributed by atoms with E-state index in [9.17, 15) is 5.11 Å². The van der Waals surface area contributed by atoms with Crippen LogP contribution in [0.15, 0.2) is 24.3 Å². The molecule has 1 fully saturated rings. The van der Waals surface area contributed by atoms with Gasteiger partial charge >= 0.3 is 0 Å². The molecule has 1 atom stereocenters. The van der Waals surface area contributed by atoms with E-state index in [1.54, 1.807) is 4.90 Å². The highest BCUT2D eigenvalue weighted by atomic mass is 35.5. The first-order valence-electron chi connectivity index (χ1n) is 7.85. The molecule has 0 saturated carbocycles. The van der Waals surface area contributed by atoms with Crippen LogP contribution in [0, 0.1) is 0 Å². The molecule has 0 aromatic heterocycles. The summed E-state index contributed by atoms with van der Waals surface area (Å²) in [7, 11) is 0. The Hall–Kier alpha value is -0.650. The van der Waals surface area contributed by atoms with Crippen LogP contribution in [0.25, 0.3) is 0 Å². The van der Waals surface area contributed by atoms with Crippen LogP contribution in [0.1, 0.15) is 12.5 Å². The minimum Gasteiger partial charge on any atom is -0.385 e. The zero-order chi connectivity index (χ0) is 15.1. The molecule has 1 aromatic rings. The number of hydrogen-bond acceptors (Lipinski definition) is 2. The molecule has 1 aliphatic heterocycles. The number of aliphatic hydroxyl groups excluding tert-OH is 1. The lowest BCUT2D eigenvalue weighted by atomic mass is 10.2. The number of ether oxygens (including phenoxy) is 1. The van der Waals surface area contributed by atoms with Crippen molar-refractivity contribution >= 4 is 11.6 Å². The van der Waals surface area contributed by atoms with Crippen LogP contribution in [0.2, 0.25) is 5.02 Å². The second-order valence-electron chi connectivity index (χ2n) is 5.82.